The molecule has 158 valence electrons. The van der Waals surface area contributed by atoms with Gasteiger partial charge in [-0.15, -0.1) is 0 Å². The highest BCUT2D eigenvalue weighted by atomic mass is 16.5. The minimum Gasteiger partial charge on any atom is -0.492 e. The molecule has 1 aromatic heterocycles. The highest BCUT2D eigenvalue weighted by Gasteiger charge is 2.18. The van der Waals surface area contributed by atoms with Crippen molar-refractivity contribution in [3.63, 3.8) is 0 Å². The number of unbranched alkanes of at least 4 members (excludes halogenated alkanes) is 1. The number of anilines is 1. The molecule has 30 heavy (non-hydrogen) atoms. The molecule has 0 aliphatic rings. The van der Waals surface area contributed by atoms with E-state index in [0.29, 0.717) is 41.3 Å². The number of fused-ring (bicyclic) bond motifs is 1. The average molecular weight is 410 g/mol. The van der Waals surface area contributed by atoms with Crippen molar-refractivity contribution in [2.45, 2.75) is 33.2 Å². The van der Waals surface area contributed by atoms with Crippen molar-refractivity contribution in [2.75, 3.05) is 25.0 Å². The fourth-order valence-electron chi connectivity index (χ4n) is 3.39. The van der Waals surface area contributed by atoms with Gasteiger partial charge in [0, 0.05) is 0 Å². The number of carbonyl (C=O) groups is 1. The maximum absolute atomic E-state index is 12.7. The molecule has 3 N–H and O–H groups in total. The second-order valence-electron chi connectivity index (χ2n) is 7.21. The molecule has 0 saturated heterocycles. The van der Waals surface area contributed by atoms with E-state index < -0.39 is 0 Å². The number of H-pyrrole nitrogens is 1. The van der Waals surface area contributed by atoms with Crippen molar-refractivity contribution < 1.29 is 14.4 Å². The zero-order valence-electron chi connectivity index (χ0n) is 17.5. The largest absolute Gasteiger partial charge is 0.492 e. The summed E-state index contributed by atoms with van der Waals surface area (Å²) >= 11 is 0. The monoisotopic (exact) mass is 409 g/mol. The highest BCUT2D eigenvalue weighted by Crippen LogP contribution is 2.23. The number of benzene rings is 2. The normalized spacial score (nSPS) is 11.9. The smallest absolute Gasteiger partial charge is 0.279 e. The molecule has 7 nitrogen and oxygen atoms in total. The van der Waals surface area contributed by atoms with E-state index in [0.717, 1.165) is 24.3 Å². The molecule has 7 heteroatoms. The van der Waals surface area contributed by atoms with Gasteiger partial charge in [0.15, 0.2) is 12.4 Å². The van der Waals surface area contributed by atoms with Crippen LogP contribution in [0, 0.1) is 0 Å². The Morgan fingerprint density at radius 2 is 1.90 bits per heavy atom. The quantitative estimate of drug-likeness (QED) is 0.479. The lowest BCUT2D eigenvalue weighted by Gasteiger charge is -2.19. The SMILES string of the molecule is CCCC[NH+](CC(=O)Nc1ccccc1OCC)Cc1nc2ccccc2c(=O)[nH]1. The molecule has 1 heterocycles. The predicted octanol–water partition coefficient (Wildman–Crippen LogP) is 2.15. The molecular formula is C23H29N4O3+. The van der Waals surface area contributed by atoms with Crippen molar-refractivity contribution in [2.24, 2.45) is 0 Å². The Hall–Kier alpha value is -3.19. The molecule has 0 bridgehead atoms. The van der Waals surface area contributed by atoms with Crippen LogP contribution in [-0.4, -0.2) is 35.6 Å². The Labute approximate surface area is 176 Å². The fraction of sp³-hybridized carbons (Fsp3) is 0.348. The molecule has 0 spiro atoms. The van der Waals surface area contributed by atoms with E-state index in [4.69, 9.17) is 4.74 Å². The number of hydrogen-bond donors (Lipinski definition) is 3. The molecule has 0 aliphatic carbocycles. The third-order valence-electron chi connectivity index (χ3n) is 4.83. The maximum atomic E-state index is 12.7. The third-order valence-corrected chi connectivity index (χ3v) is 4.83. The maximum Gasteiger partial charge on any atom is 0.279 e. The summed E-state index contributed by atoms with van der Waals surface area (Å²) in [6, 6.07) is 14.7. The molecule has 0 radical (unpaired) electrons. The summed E-state index contributed by atoms with van der Waals surface area (Å²) in [6.45, 7) is 6.12. The molecule has 1 amide bonds. The van der Waals surface area contributed by atoms with Crippen LogP contribution in [0.2, 0.25) is 0 Å². The Morgan fingerprint density at radius 1 is 1.13 bits per heavy atom. The van der Waals surface area contributed by atoms with E-state index in [9.17, 15) is 9.59 Å². The zero-order valence-corrected chi connectivity index (χ0v) is 17.5. The van der Waals surface area contributed by atoms with Crippen LogP contribution in [0.4, 0.5) is 5.69 Å². The first kappa shape index (κ1) is 21.5. The molecule has 3 aromatic rings. The van der Waals surface area contributed by atoms with Crippen LogP contribution < -0.4 is 20.5 Å². The molecule has 0 aliphatic heterocycles. The highest BCUT2D eigenvalue weighted by molar-refractivity contribution is 5.92. The number of aromatic amines is 1. The van der Waals surface area contributed by atoms with Gasteiger partial charge in [-0.2, -0.15) is 0 Å². The van der Waals surface area contributed by atoms with Gasteiger partial charge in [-0.25, -0.2) is 4.98 Å². The van der Waals surface area contributed by atoms with Crippen molar-refractivity contribution in [1.29, 1.82) is 0 Å². The Bertz CT molecular complexity index is 1050. The Morgan fingerprint density at radius 3 is 2.70 bits per heavy atom. The molecule has 1 unspecified atom stereocenters. The van der Waals surface area contributed by atoms with Gasteiger partial charge in [-0.05, 0) is 37.6 Å². The fourth-order valence-corrected chi connectivity index (χ4v) is 3.39. The lowest BCUT2D eigenvalue weighted by Crippen LogP contribution is -3.12. The summed E-state index contributed by atoms with van der Waals surface area (Å²) in [4.78, 5) is 33.6. The van der Waals surface area contributed by atoms with Crippen LogP contribution in [0.5, 0.6) is 5.75 Å². The number of carbonyl (C=O) groups excluding carboxylic acids is 1. The van der Waals surface area contributed by atoms with Gasteiger partial charge in [-0.3, -0.25) is 9.59 Å². The minimum absolute atomic E-state index is 0.101. The van der Waals surface area contributed by atoms with Crippen LogP contribution >= 0.6 is 0 Å². The van der Waals surface area contributed by atoms with Crippen LogP contribution in [0.15, 0.2) is 53.3 Å². The lowest BCUT2D eigenvalue weighted by atomic mass is 10.2. The Kier molecular flexibility index (Phi) is 7.57. The van der Waals surface area contributed by atoms with Crippen LogP contribution in [-0.2, 0) is 11.3 Å². The lowest BCUT2D eigenvalue weighted by molar-refractivity contribution is -0.906. The number of hydrogen-bond acceptors (Lipinski definition) is 4. The zero-order chi connectivity index (χ0) is 21.3. The van der Waals surface area contributed by atoms with Crippen molar-refractivity contribution in [1.82, 2.24) is 9.97 Å². The first-order valence-corrected chi connectivity index (χ1v) is 10.4. The number of ether oxygens (including phenoxy) is 1. The second-order valence-corrected chi connectivity index (χ2v) is 7.21. The van der Waals surface area contributed by atoms with Gasteiger partial charge in [0.05, 0.1) is 29.7 Å². The van der Waals surface area contributed by atoms with Gasteiger partial charge in [0.1, 0.15) is 12.3 Å². The van der Waals surface area contributed by atoms with Gasteiger partial charge in [0.25, 0.3) is 11.5 Å². The van der Waals surface area contributed by atoms with Gasteiger partial charge in [0.2, 0.25) is 0 Å². The first-order chi connectivity index (χ1) is 14.6. The van der Waals surface area contributed by atoms with E-state index in [2.05, 4.69) is 22.2 Å². The molecule has 3 rings (SSSR count). The third kappa shape index (κ3) is 5.67. The summed E-state index contributed by atoms with van der Waals surface area (Å²) in [5.41, 5.74) is 1.18. The topological polar surface area (TPSA) is 88.5 Å². The summed E-state index contributed by atoms with van der Waals surface area (Å²) < 4.78 is 5.59. The van der Waals surface area contributed by atoms with E-state index in [-0.39, 0.29) is 18.0 Å². The van der Waals surface area contributed by atoms with Gasteiger partial charge in [-0.1, -0.05) is 37.6 Å². The number of nitrogens with zero attached hydrogens (tertiary/aromatic N) is 1. The van der Waals surface area contributed by atoms with Gasteiger partial charge >= 0.3 is 0 Å². The standard InChI is InChI=1S/C23H28N4O3/c1-3-5-14-27(15-21-24-18-11-7-6-10-17(18)23(29)26-21)16-22(28)25-19-12-8-9-13-20(19)30-4-2/h6-13H,3-5,14-16H2,1-2H3,(H,25,28)(H,24,26,29)/p+1. The van der Waals surface area contributed by atoms with Crippen molar-refractivity contribution in [3.8, 4) is 5.75 Å². The molecule has 0 fully saturated rings. The van der Waals surface area contributed by atoms with Crippen LogP contribution in [0.1, 0.15) is 32.5 Å². The number of aromatic nitrogens is 2. The average Bonchev–Trinajstić information content (AvgIpc) is 2.73. The summed E-state index contributed by atoms with van der Waals surface area (Å²) in [5, 5.41) is 3.52. The Balaban J connectivity index is 1.73. The molecule has 2 aromatic carbocycles. The van der Waals surface area contributed by atoms with Crippen molar-refractivity contribution in [3.05, 3.63) is 64.7 Å². The second kappa shape index (κ2) is 10.5. The van der Waals surface area contributed by atoms with E-state index >= 15 is 0 Å². The summed E-state index contributed by atoms with van der Waals surface area (Å²) in [6.07, 6.45) is 2.01. The van der Waals surface area contributed by atoms with Crippen molar-refractivity contribution >= 4 is 22.5 Å². The van der Waals surface area contributed by atoms with Crippen LogP contribution in [0.3, 0.4) is 0 Å². The predicted molar refractivity (Wildman–Crippen MR) is 118 cm³/mol. The minimum atomic E-state index is -0.152. The van der Waals surface area contributed by atoms with E-state index in [1.165, 1.54) is 0 Å². The number of rotatable bonds is 10. The van der Waals surface area contributed by atoms with Gasteiger partial charge < -0.3 is 19.9 Å². The number of para-hydroxylation sites is 3. The van der Waals surface area contributed by atoms with Crippen LogP contribution in [0.25, 0.3) is 10.9 Å². The molecular weight excluding hydrogens is 380 g/mol. The number of quaternary nitrogens is 1. The first-order valence-electron chi connectivity index (χ1n) is 10.4. The molecule has 1 atom stereocenters. The summed E-state index contributed by atoms with van der Waals surface area (Å²) in [7, 11) is 0. The number of amides is 1. The van der Waals surface area contributed by atoms with E-state index in [1.807, 2.05) is 49.4 Å². The number of nitrogens with one attached hydrogen (secondary N) is 3. The van der Waals surface area contributed by atoms with E-state index in [1.54, 1.807) is 6.07 Å². The summed E-state index contributed by atoms with van der Waals surface area (Å²) in [5.74, 6) is 1.15. The molecule has 0 saturated carbocycles.